The van der Waals surface area contributed by atoms with Gasteiger partial charge in [-0.25, -0.2) is 0 Å². The molecular formula is C12H26O3Si4. The summed E-state index contributed by atoms with van der Waals surface area (Å²) in [4.78, 5) is 0. The summed E-state index contributed by atoms with van der Waals surface area (Å²) in [6, 6.07) is 0. The summed E-state index contributed by atoms with van der Waals surface area (Å²) in [5.41, 5.74) is 7.19. The predicted octanol–water partition coefficient (Wildman–Crippen LogP) is 2.79. The van der Waals surface area contributed by atoms with Gasteiger partial charge in [0.2, 0.25) is 0 Å². The average molecular weight is 331 g/mol. The van der Waals surface area contributed by atoms with Crippen molar-refractivity contribution in [1.29, 1.82) is 0 Å². The first kappa shape index (κ1) is 18.7. The Balaban J connectivity index is 5.17. The van der Waals surface area contributed by atoms with Gasteiger partial charge in [0.15, 0.2) is 0 Å². The van der Waals surface area contributed by atoms with Crippen LogP contribution in [0.2, 0.25) is 26.2 Å². The fraction of sp³-hybridized carbons (Fsp3) is 0.333. The molecule has 0 rings (SSSR count). The smallest absolute Gasteiger partial charge is 0.342 e. The van der Waals surface area contributed by atoms with Crippen LogP contribution in [0.25, 0.3) is 0 Å². The van der Waals surface area contributed by atoms with Crippen LogP contribution < -0.4 is 0 Å². The molecule has 0 spiro atoms. The minimum atomic E-state index is -2.52. The highest BCUT2D eigenvalue weighted by Gasteiger charge is 2.42. The highest BCUT2D eigenvalue weighted by molar-refractivity contribution is 6.96. The van der Waals surface area contributed by atoms with Crippen LogP contribution in [0.4, 0.5) is 0 Å². The van der Waals surface area contributed by atoms with E-state index in [1.165, 1.54) is 0 Å². The maximum Gasteiger partial charge on any atom is 0.342 e. The molecule has 0 aromatic carbocycles. The van der Waals surface area contributed by atoms with Crippen LogP contribution >= 0.6 is 0 Å². The molecule has 0 heterocycles. The van der Waals surface area contributed by atoms with Crippen LogP contribution in [0.5, 0.6) is 0 Å². The molecule has 1 atom stereocenters. The zero-order valence-electron chi connectivity index (χ0n) is 12.6. The molecule has 0 aliphatic carbocycles. The van der Waals surface area contributed by atoms with E-state index in [1.54, 1.807) is 22.8 Å². The second-order valence-corrected chi connectivity index (χ2v) is 16.3. The molecule has 0 N–H and O–H groups in total. The van der Waals surface area contributed by atoms with Crippen molar-refractivity contribution in [1.82, 2.24) is 0 Å². The Morgan fingerprint density at radius 2 is 1.32 bits per heavy atom. The largest absolute Gasteiger partial charge is 0.442 e. The van der Waals surface area contributed by atoms with E-state index >= 15 is 0 Å². The lowest BCUT2D eigenvalue weighted by molar-refractivity contribution is 0.347. The summed E-state index contributed by atoms with van der Waals surface area (Å²) in [6.07, 6.45) is 0. The van der Waals surface area contributed by atoms with E-state index in [0.717, 1.165) is 0 Å². The van der Waals surface area contributed by atoms with Gasteiger partial charge in [-0.3, -0.25) is 0 Å². The average Bonchev–Trinajstić information content (AvgIpc) is 2.35. The highest BCUT2D eigenvalue weighted by atomic mass is 28.5. The first-order valence-electron chi connectivity index (χ1n) is 6.30. The molecule has 0 fully saturated rings. The highest BCUT2D eigenvalue weighted by Crippen LogP contribution is 2.23. The van der Waals surface area contributed by atoms with Crippen molar-refractivity contribution in [3.63, 3.8) is 0 Å². The molecule has 0 aromatic heterocycles. The Morgan fingerprint density at radius 3 is 1.63 bits per heavy atom. The Labute approximate surface area is 123 Å². The lowest BCUT2D eigenvalue weighted by Gasteiger charge is -2.37. The van der Waals surface area contributed by atoms with Crippen LogP contribution in [0.3, 0.4) is 0 Å². The van der Waals surface area contributed by atoms with Crippen molar-refractivity contribution < 1.29 is 12.3 Å². The maximum atomic E-state index is 6.26. The normalized spacial score (nSPS) is 16.0. The Hall–Kier alpha value is -0.292. The Bertz CT molecular complexity index is 335. The summed E-state index contributed by atoms with van der Waals surface area (Å²) in [5, 5.41) is 0. The van der Waals surface area contributed by atoms with Gasteiger partial charge in [-0.05, 0) is 19.6 Å². The summed E-state index contributed by atoms with van der Waals surface area (Å²) in [6.45, 7) is 23.6. The lowest BCUT2D eigenvalue weighted by atomic mass is 11.2. The second kappa shape index (κ2) is 7.48. The third-order valence-corrected chi connectivity index (χ3v) is 15.9. The van der Waals surface area contributed by atoms with Gasteiger partial charge < -0.3 is 12.3 Å². The van der Waals surface area contributed by atoms with Crippen molar-refractivity contribution in [2.24, 2.45) is 0 Å². The third-order valence-electron chi connectivity index (χ3n) is 2.65. The summed E-state index contributed by atoms with van der Waals surface area (Å²) >= 11 is 0. The fourth-order valence-electron chi connectivity index (χ4n) is 1.70. The van der Waals surface area contributed by atoms with E-state index in [9.17, 15) is 0 Å². The van der Waals surface area contributed by atoms with Crippen LogP contribution in [-0.2, 0) is 12.3 Å². The van der Waals surface area contributed by atoms with Crippen LogP contribution in [0.15, 0.2) is 49.1 Å². The molecule has 0 aliphatic heterocycles. The number of hydrogen-bond donors (Lipinski definition) is 0. The monoisotopic (exact) mass is 330 g/mol. The standard InChI is InChI=1S/C12H26O3Si4/c1-9-18(8,14-17(6,7)13-16-5)15-19(10-2,11-3)12-4/h9-12H,1-4,16H2,5-8H3. The first-order valence-corrected chi connectivity index (χ1v) is 15.6. The van der Waals surface area contributed by atoms with Gasteiger partial charge in [0.1, 0.15) is 9.76 Å². The van der Waals surface area contributed by atoms with Crippen molar-refractivity contribution >= 4 is 35.2 Å². The number of rotatable bonds is 10. The molecule has 0 saturated heterocycles. The van der Waals surface area contributed by atoms with Gasteiger partial charge in [-0.1, -0.05) is 29.3 Å². The van der Waals surface area contributed by atoms with Gasteiger partial charge in [-0.2, -0.15) is 0 Å². The van der Waals surface area contributed by atoms with Crippen molar-refractivity contribution in [3.05, 3.63) is 49.1 Å². The first-order chi connectivity index (χ1) is 8.72. The van der Waals surface area contributed by atoms with E-state index in [2.05, 4.69) is 32.9 Å². The second-order valence-electron chi connectivity index (χ2n) is 4.72. The Kier molecular flexibility index (Phi) is 7.36. The predicted molar refractivity (Wildman–Crippen MR) is 93.3 cm³/mol. The van der Waals surface area contributed by atoms with E-state index < -0.39 is 35.2 Å². The van der Waals surface area contributed by atoms with Crippen molar-refractivity contribution in [2.45, 2.75) is 26.2 Å². The topological polar surface area (TPSA) is 27.7 Å². The molecule has 19 heavy (non-hydrogen) atoms. The molecule has 0 radical (unpaired) electrons. The van der Waals surface area contributed by atoms with Crippen LogP contribution in [-0.4, -0.2) is 35.2 Å². The summed E-state index contributed by atoms with van der Waals surface area (Å²) in [7, 11) is -7.54. The van der Waals surface area contributed by atoms with Gasteiger partial charge in [0.25, 0.3) is 8.32 Å². The van der Waals surface area contributed by atoms with Crippen molar-refractivity contribution in [3.8, 4) is 0 Å². The third kappa shape index (κ3) is 5.69. The molecule has 0 amide bonds. The molecule has 108 valence electrons. The van der Waals surface area contributed by atoms with Gasteiger partial charge >= 0.3 is 17.1 Å². The van der Waals surface area contributed by atoms with E-state index in [0.29, 0.717) is 0 Å². The van der Waals surface area contributed by atoms with Crippen LogP contribution in [0.1, 0.15) is 0 Å². The van der Waals surface area contributed by atoms with Gasteiger partial charge in [0.05, 0.1) is 0 Å². The summed E-state index contributed by atoms with van der Waals surface area (Å²) < 4.78 is 18.3. The quantitative estimate of drug-likeness (QED) is 0.577. The molecular weight excluding hydrogens is 304 g/mol. The lowest BCUT2D eigenvalue weighted by Crippen LogP contribution is -2.55. The van der Waals surface area contributed by atoms with Gasteiger partial charge in [-0.15, -0.1) is 26.3 Å². The molecule has 3 nitrogen and oxygen atoms in total. The van der Waals surface area contributed by atoms with Gasteiger partial charge in [0, 0.05) is 0 Å². The molecule has 0 bridgehead atoms. The molecule has 1 unspecified atom stereocenters. The van der Waals surface area contributed by atoms with E-state index in [1.807, 2.05) is 19.6 Å². The molecule has 0 aromatic rings. The minimum Gasteiger partial charge on any atom is -0.442 e. The van der Waals surface area contributed by atoms with E-state index in [4.69, 9.17) is 12.3 Å². The zero-order valence-corrected chi connectivity index (χ0v) is 17.0. The Morgan fingerprint density at radius 1 is 0.842 bits per heavy atom. The number of hydrogen-bond acceptors (Lipinski definition) is 3. The van der Waals surface area contributed by atoms with E-state index in [-0.39, 0.29) is 0 Å². The fourth-order valence-corrected chi connectivity index (χ4v) is 14.7. The zero-order chi connectivity index (χ0) is 15.2. The maximum absolute atomic E-state index is 6.26. The SMILES string of the molecule is C=C[Si](C=C)(C=C)O[Si](C)(C=C)O[Si](C)(C)O[SiH2]C. The molecule has 7 heteroatoms. The van der Waals surface area contributed by atoms with Crippen LogP contribution in [0, 0.1) is 0 Å². The summed E-state index contributed by atoms with van der Waals surface area (Å²) in [5.74, 6) is 0. The minimum absolute atomic E-state index is 0.504. The van der Waals surface area contributed by atoms with Crippen molar-refractivity contribution in [2.75, 3.05) is 0 Å². The molecule has 0 aliphatic rings. The molecule has 0 saturated carbocycles.